The number of rotatable bonds is 8. The lowest BCUT2D eigenvalue weighted by atomic mass is 10.2. The van der Waals surface area contributed by atoms with Crippen LogP contribution in [0.25, 0.3) is 0 Å². The molecule has 0 unspecified atom stereocenters. The number of sulfone groups is 1. The highest BCUT2D eigenvalue weighted by atomic mass is 32.2. The number of nitrogens with one attached hydrogen (secondary N) is 2. The summed E-state index contributed by atoms with van der Waals surface area (Å²) >= 11 is 0. The van der Waals surface area contributed by atoms with E-state index < -0.39 is 9.84 Å². The van der Waals surface area contributed by atoms with Gasteiger partial charge in [0.2, 0.25) is 0 Å². The normalized spacial score (nSPS) is 11.8. The first-order chi connectivity index (χ1) is 12.5. The fraction of sp³-hybridized carbons (Fsp3) is 0.316. The van der Waals surface area contributed by atoms with E-state index in [1.54, 1.807) is 24.3 Å². The van der Waals surface area contributed by atoms with E-state index in [2.05, 4.69) is 15.6 Å². The minimum absolute atomic E-state index is 0.283. The van der Waals surface area contributed by atoms with Crippen LogP contribution in [0, 0.1) is 0 Å². The molecule has 0 aliphatic carbocycles. The number of aliphatic imine (C=N–C) groups is 1. The van der Waals surface area contributed by atoms with Gasteiger partial charge in [-0.15, -0.1) is 0 Å². The third-order valence-corrected chi connectivity index (χ3v) is 4.65. The fourth-order valence-corrected chi connectivity index (χ4v) is 2.85. The summed E-state index contributed by atoms with van der Waals surface area (Å²) in [6.45, 7) is 4.40. The van der Waals surface area contributed by atoms with E-state index in [9.17, 15) is 8.42 Å². The highest BCUT2D eigenvalue weighted by Crippen LogP contribution is 2.15. The van der Waals surface area contributed by atoms with E-state index in [0.717, 1.165) is 18.1 Å². The Hall–Kier alpha value is -2.54. The number of hydrogen-bond donors (Lipinski definition) is 2. The molecule has 0 radical (unpaired) electrons. The van der Waals surface area contributed by atoms with Crippen molar-refractivity contribution in [3.8, 4) is 5.75 Å². The van der Waals surface area contributed by atoms with Crippen LogP contribution >= 0.6 is 0 Å². The van der Waals surface area contributed by atoms with Gasteiger partial charge >= 0.3 is 0 Å². The van der Waals surface area contributed by atoms with Crippen molar-refractivity contribution < 1.29 is 13.2 Å². The third kappa shape index (κ3) is 6.76. The second-order valence-electron chi connectivity index (χ2n) is 5.70. The van der Waals surface area contributed by atoms with Gasteiger partial charge in [-0.3, -0.25) is 0 Å². The predicted octanol–water partition coefficient (Wildman–Crippen LogP) is 2.22. The minimum atomic E-state index is -3.18. The van der Waals surface area contributed by atoms with Crippen molar-refractivity contribution in [1.29, 1.82) is 0 Å². The standard InChI is InChI=1S/C19H25N3O3S/c1-3-20-19(22-15-16-7-5-4-6-8-16)21-13-14-25-17-9-11-18(12-10-17)26(2,23)24/h4-12H,3,13-15H2,1-2H3,(H2,20,21,22). The molecule has 0 heterocycles. The quantitative estimate of drug-likeness (QED) is 0.420. The Kier molecular flexibility index (Phi) is 7.47. The Morgan fingerprint density at radius 1 is 1.04 bits per heavy atom. The van der Waals surface area contributed by atoms with Crippen molar-refractivity contribution in [2.24, 2.45) is 4.99 Å². The molecule has 26 heavy (non-hydrogen) atoms. The van der Waals surface area contributed by atoms with Crippen LogP contribution in [0.4, 0.5) is 0 Å². The van der Waals surface area contributed by atoms with Crippen LogP contribution in [-0.4, -0.2) is 40.3 Å². The van der Waals surface area contributed by atoms with Crippen LogP contribution in [0.5, 0.6) is 5.75 Å². The number of benzene rings is 2. The Labute approximate surface area is 155 Å². The van der Waals surface area contributed by atoms with Crippen molar-refractivity contribution in [2.45, 2.75) is 18.4 Å². The average molecular weight is 375 g/mol. The summed E-state index contributed by atoms with van der Waals surface area (Å²) in [5.41, 5.74) is 1.15. The lowest BCUT2D eigenvalue weighted by Gasteiger charge is -2.12. The molecule has 2 aromatic carbocycles. The molecule has 0 fully saturated rings. The molecule has 0 atom stereocenters. The van der Waals surface area contributed by atoms with E-state index in [1.165, 1.54) is 6.26 Å². The molecular weight excluding hydrogens is 350 g/mol. The summed E-state index contributed by atoms with van der Waals surface area (Å²) in [7, 11) is -3.18. The number of hydrogen-bond acceptors (Lipinski definition) is 4. The zero-order chi connectivity index (χ0) is 18.8. The maximum Gasteiger partial charge on any atom is 0.191 e. The van der Waals surface area contributed by atoms with Gasteiger partial charge in [-0.1, -0.05) is 30.3 Å². The SMILES string of the molecule is CCNC(=NCc1ccccc1)NCCOc1ccc(S(C)(=O)=O)cc1. The first kappa shape index (κ1) is 19.8. The summed E-state index contributed by atoms with van der Waals surface area (Å²) < 4.78 is 28.5. The molecule has 140 valence electrons. The van der Waals surface area contributed by atoms with E-state index in [4.69, 9.17) is 4.74 Å². The summed E-state index contributed by atoms with van der Waals surface area (Å²) in [5, 5.41) is 6.41. The maximum absolute atomic E-state index is 11.4. The van der Waals surface area contributed by atoms with Gasteiger partial charge < -0.3 is 15.4 Å². The lowest BCUT2D eigenvalue weighted by Crippen LogP contribution is -2.39. The third-order valence-electron chi connectivity index (χ3n) is 3.52. The second-order valence-corrected chi connectivity index (χ2v) is 7.72. The minimum Gasteiger partial charge on any atom is -0.492 e. The van der Waals surface area contributed by atoms with Gasteiger partial charge in [-0.25, -0.2) is 13.4 Å². The number of ether oxygens (including phenoxy) is 1. The number of guanidine groups is 1. The molecule has 2 rings (SSSR count). The molecule has 0 aliphatic rings. The van der Waals surface area contributed by atoms with Gasteiger partial charge in [-0.2, -0.15) is 0 Å². The van der Waals surface area contributed by atoms with E-state index in [0.29, 0.717) is 25.4 Å². The molecule has 0 saturated carbocycles. The molecule has 0 amide bonds. The molecule has 0 aliphatic heterocycles. The molecule has 0 aromatic heterocycles. The van der Waals surface area contributed by atoms with Crippen molar-refractivity contribution in [3.05, 3.63) is 60.2 Å². The van der Waals surface area contributed by atoms with Gasteiger partial charge in [0.1, 0.15) is 12.4 Å². The van der Waals surface area contributed by atoms with Gasteiger partial charge in [0.15, 0.2) is 15.8 Å². The topological polar surface area (TPSA) is 79.8 Å². The Balaban J connectivity index is 1.80. The monoisotopic (exact) mass is 375 g/mol. The smallest absolute Gasteiger partial charge is 0.191 e. The second kappa shape index (κ2) is 9.82. The van der Waals surface area contributed by atoms with E-state index in [1.807, 2.05) is 37.3 Å². The van der Waals surface area contributed by atoms with Gasteiger partial charge in [0.05, 0.1) is 18.0 Å². The summed E-state index contributed by atoms with van der Waals surface area (Å²) in [6.07, 6.45) is 1.18. The molecule has 7 heteroatoms. The summed E-state index contributed by atoms with van der Waals surface area (Å²) in [4.78, 5) is 4.82. The number of nitrogens with zero attached hydrogens (tertiary/aromatic N) is 1. The molecule has 0 saturated heterocycles. The van der Waals surface area contributed by atoms with Crippen LogP contribution in [0.2, 0.25) is 0 Å². The van der Waals surface area contributed by atoms with Crippen LogP contribution in [0.15, 0.2) is 64.5 Å². The Morgan fingerprint density at radius 2 is 1.73 bits per heavy atom. The largest absolute Gasteiger partial charge is 0.492 e. The van der Waals surface area contributed by atoms with Crippen molar-refractivity contribution in [1.82, 2.24) is 10.6 Å². The zero-order valence-electron chi connectivity index (χ0n) is 15.1. The highest BCUT2D eigenvalue weighted by molar-refractivity contribution is 7.90. The molecule has 0 spiro atoms. The molecule has 2 aromatic rings. The summed E-state index contributed by atoms with van der Waals surface area (Å²) in [6, 6.07) is 16.5. The first-order valence-electron chi connectivity index (χ1n) is 8.48. The van der Waals surface area contributed by atoms with E-state index >= 15 is 0 Å². The predicted molar refractivity (Wildman–Crippen MR) is 104 cm³/mol. The Morgan fingerprint density at radius 3 is 2.35 bits per heavy atom. The van der Waals surface area contributed by atoms with Crippen molar-refractivity contribution in [2.75, 3.05) is 26.0 Å². The van der Waals surface area contributed by atoms with Crippen molar-refractivity contribution >= 4 is 15.8 Å². The summed E-state index contributed by atoms with van der Waals surface area (Å²) in [5.74, 6) is 1.36. The van der Waals surface area contributed by atoms with Crippen LogP contribution < -0.4 is 15.4 Å². The van der Waals surface area contributed by atoms with Gasteiger partial charge in [-0.05, 0) is 36.8 Å². The average Bonchev–Trinajstić information content (AvgIpc) is 2.63. The highest BCUT2D eigenvalue weighted by Gasteiger charge is 2.06. The van der Waals surface area contributed by atoms with Gasteiger partial charge in [0, 0.05) is 12.8 Å². The van der Waals surface area contributed by atoms with Crippen LogP contribution in [0.3, 0.4) is 0 Å². The molecular formula is C19H25N3O3S. The molecule has 2 N–H and O–H groups in total. The first-order valence-corrected chi connectivity index (χ1v) is 10.4. The van der Waals surface area contributed by atoms with Crippen LogP contribution in [0.1, 0.15) is 12.5 Å². The van der Waals surface area contributed by atoms with Crippen molar-refractivity contribution in [3.63, 3.8) is 0 Å². The zero-order valence-corrected chi connectivity index (χ0v) is 15.9. The van der Waals surface area contributed by atoms with Gasteiger partial charge in [0.25, 0.3) is 0 Å². The molecule has 0 bridgehead atoms. The lowest BCUT2D eigenvalue weighted by molar-refractivity contribution is 0.321. The van der Waals surface area contributed by atoms with Crippen LogP contribution in [-0.2, 0) is 16.4 Å². The fourth-order valence-electron chi connectivity index (χ4n) is 2.22. The van der Waals surface area contributed by atoms with E-state index in [-0.39, 0.29) is 4.90 Å². The Bertz CT molecular complexity index is 804. The maximum atomic E-state index is 11.4. The molecule has 6 nitrogen and oxygen atoms in total.